The molecule has 1 heterocycles. The number of aryl methyl sites for hydroxylation is 2. The molecular formula is C13H12O3. The standard InChI is InChI=1S/C13H12O3/c14-13(15)11-6-3-10(4-7-11)5-8-12-2-1-9-16-12/h1-4,6-7,9H,5,8H2,(H,14,15). The maximum absolute atomic E-state index is 10.6. The van der Waals surface area contributed by atoms with E-state index in [2.05, 4.69) is 0 Å². The molecule has 0 atom stereocenters. The van der Waals surface area contributed by atoms with E-state index in [1.54, 1.807) is 18.4 Å². The van der Waals surface area contributed by atoms with E-state index < -0.39 is 5.97 Å². The topological polar surface area (TPSA) is 50.4 Å². The van der Waals surface area contributed by atoms with Gasteiger partial charge in [-0.3, -0.25) is 0 Å². The zero-order chi connectivity index (χ0) is 11.4. The number of rotatable bonds is 4. The van der Waals surface area contributed by atoms with Crippen LogP contribution in [0.1, 0.15) is 21.7 Å². The molecule has 0 radical (unpaired) electrons. The van der Waals surface area contributed by atoms with Gasteiger partial charge in [0.15, 0.2) is 0 Å². The molecule has 0 spiro atoms. The van der Waals surface area contributed by atoms with Crippen molar-refractivity contribution in [3.05, 3.63) is 59.5 Å². The largest absolute Gasteiger partial charge is 0.478 e. The maximum Gasteiger partial charge on any atom is 0.335 e. The lowest BCUT2D eigenvalue weighted by Gasteiger charge is -2.00. The van der Waals surface area contributed by atoms with Gasteiger partial charge in [0, 0.05) is 6.42 Å². The van der Waals surface area contributed by atoms with Gasteiger partial charge in [-0.15, -0.1) is 0 Å². The highest BCUT2D eigenvalue weighted by Gasteiger charge is 2.02. The first-order valence-corrected chi connectivity index (χ1v) is 5.10. The van der Waals surface area contributed by atoms with E-state index in [1.807, 2.05) is 24.3 Å². The van der Waals surface area contributed by atoms with Crippen molar-refractivity contribution in [1.29, 1.82) is 0 Å². The number of benzene rings is 1. The quantitative estimate of drug-likeness (QED) is 0.854. The smallest absolute Gasteiger partial charge is 0.335 e. The second kappa shape index (κ2) is 4.66. The van der Waals surface area contributed by atoms with E-state index in [0.717, 1.165) is 24.2 Å². The first-order chi connectivity index (χ1) is 7.75. The van der Waals surface area contributed by atoms with Crippen molar-refractivity contribution in [2.75, 3.05) is 0 Å². The molecule has 1 aromatic carbocycles. The van der Waals surface area contributed by atoms with Gasteiger partial charge in [-0.25, -0.2) is 4.79 Å². The zero-order valence-electron chi connectivity index (χ0n) is 8.72. The fourth-order valence-electron chi connectivity index (χ4n) is 1.54. The SMILES string of the molecule is O=C(O)c1ccc(CCc2ccco2)cc1. The van der Waals surface area contributed by atoms with Gasteiger partial charge >= 0.3 is 5.97 Å². The summed E-state index contributed by atoms with van der Waals surface area (Å²) in [5.41, 5.74) is 1.43. The number of carboxylic acid groups (broad SMARTS) is 1. The first-order valence-electron chi connectivity index (χ1n) is 5.10. The fourth-order valence-corrected chi connectivity index (χ4v) is 1.54. The highest BCUT2D eigenvalue weighted by atomic mass is 16.4. The molecule has 3 nitrogen and oxygen atoms in total. The van der Waals surface area contributed by atoms with E-state index in [4.69, 9.17) is 9.52 Å². The summed E-state index contributed by atoms with van der Waals surface area (Å²) in [6.07, 6.45) is 3.34. The Morgan fingerprint density at radius 2 is 1.88 bits per heavy atom. The molecule has 0 saturated heterocycles. The Balaban J connectivity index is 1.98. The Hall–Kier alpha value is -2.03. The molecule has 1 N–H and O–H groups in total. The van der Waals surface area contributed by atoms with Crippen molar-refractivity contribution < 1.29 is 14.3 Å². The van der Waals surface area contributed by atoms with Crippen LogP contribution in [0.3, 0.4) is 0 Å². The van der Waals surface area contributed by atoms with E-state index in [9.17, 15) is 4.79 Å². The van der Waals surface area contributed by atoms with E-state index in [-0.39, 0.29) is 0 Å². The molecule has 2 aromatic rings. The number of aromatic carboxylic acids is 1. The molecule has 82 valence electrons. The van der Waals surface area contributed by atoms with Crippen LogP contribution >= 0.6 is 0 Å². The number of hydrogen-bond donors (Lipinski definition) is 1. The van der Waals surface area contributed by atoms with Gasteiger partial charge in [-0.05, 0) is 36.2 Å². The third-order valence-electron chi connectivity index (χ3n) is 2.44. The molecule has 16 heavy (non-hydrogen) atoms. The third kappa shape index (κ3) is 2.51. The summed E-state index contributed by atoms with van der Waals surface area (Å²) in [5.74, 6) is 0.0555. The third-order valence-corrected chi connectivity index (χ3v) is 2.44. The molecule has 3 heteroatoms. The lowest BCUT2D eigenvalue weighted by molar-refractivity contribution is 0.0697. The molecule has 2 rings (SSSR count). The van der Waals surface area contributed by atoms with Crippen LogP contribution in [0.25, 0.3) is 0 Å². The van der Waals surface area contributed by atoms with Gasteiger partial charge in [-0.1, -0.05) is 12.1 Å². The minimum absolute atomic E-state index is 0.321. The number of carbonyl (C=O) groups is 1. The summed E-state index contributed by atoms with van der Waals surface area (Å²) in [7, 11) is 0. The summed E-state index contributed by atoms with van der Waals surface area (Å²) in [5, 5.41) is 8.74. The lowest BCUT2D eigenvalue weighted by Crippen LogP contribution is -1.96. The van der Waals surface area contributed by atoms with Crippen LogP contribution in [0.4, 0.5) is 0 Å². The highest BCUT2D eigenvalue weighted by molar-refractivity contribution is 5.87. The Labute approximate surface area is 93.3 Å². The maximum atomic E-state index is 10.6. The number of hydrogen-bond acceptors (Lipinski definition) is 2. The second-order valence-corrected chi connectivity index (χ2v) is 3.58. The molecule has 0 amide bonds. The van der Waals surface area contributed by atoms with E-state index in [0.29, 0.717) is 5.56 Å². The molecular weight excluding hydrogens is 204 g/mol. The molecule has 0 saturated carbocycles. The van der Waals surface area contributed by atoms with Gasteiger partial charge in [-0.2, -0.15) is 0 Å². The van der Waals surface area contributed by atoms with Crippen molar-refractivity contribution >= 4 is 5.97 Å². The number of carboxylic acids is 1. The Kier molecular flexibility index (Phi) is 3.05. The van der Waals surface area contributed by atoms with Crippen molar-refractivity contribution in [1.82, 2.24) is 0 Å². The predicted octanol–water partition coefficient (Wildman–Crippen LogP) is 2.76. The summed E-state index contributed by atoms with van der Waals surface area (Å²) in [6.45, 7) is 0. The van der Waals surface area contributed by atoms with Gasteiger partial charge in [0.2, 0.25) is 0 Å². The molecule has 0 unspecified atom stereocenters. The minimum atomic E-state index is -0.891. The molecule has 0 bridgehead atoms. The van der Waals surface area contributed by atoms with Crippen molar-refractivity contribution in [3.8, 4) is 0 Å². The number of furan rings is 1. The van der Waals surface area contributed by atoms with Crippen LogP contribution in [-0.4, -0.2) is 11.1 Å². The highest BCUT2D eigenvalue weighted by Crippen LogP contribution is 2.09. The van der Waals surface area contributed by atoms with Gasteiger partial charge in [0.1, 0.15) is 5.76 Å². The van der Waals surface area contributed by atoms with E-state index >= 15 is 0 Å². The minimum Gasteiger partial charge on any atom is -0.478 e. The van der Waals surface area contributed by atoms with Crippen LogP contribution in [0.5, 0.6) is 0 Å². The fraction of sp³-hybridized carbons (Fsp3) is 0.154. The summed E-state index contributed by atoms with van der Waals surface area (Å²) >= 11 is 0. The Morgan fingerprint density at radius 3 is 2.44 bits per heavy atom. The normalized spacial score (nSPS) is 10.2. The Morgan fingerprint density at radius 1 is 1.12 bits per heavy atom. The van der Waals surface area contributed by atoms with Gasteiger partial charge in [0.25, 0.3) is 0 Å². The predicted molar refractivity (Wildman–Crippen MR) is 59.5 cm³/mol. The van der Waals surface area contributed by atoms with Crippen LogP contribution < -0.4 is 0 Å². The van der Waals surface area contributed by atoms with Gasteiger partial charge in [0.05, 0.1) is 11.8 Å². The van der Waals surface area contributed by atoms with Crippen molar-refractivity contribution in [3.63, 3.8) is 0 Å². The summed E-state index contributed by atoms with van der Waals surface area (Å²) < 4.78 is 5.22. The van der Waals surface area contributed by atoms with Crippen LogP contribution in [0.2, 0.25) is 0 Å². The second-order valence-electron chi connectivity index (χ2n) is 3.58. The lowest BCUT2D eigenvalue weighted by atomic mass is 10.1. The molecule has 0 fully saturated rings. The molecule has 0 aliphatic carbocycles. The van der Waals surface area contributed by atoms with Gasteiger partial charge < -0.3 is 9.52 Å². The van der Waals surface area contributed by atoms with Crippen LogP contribution in [0.15, 0.2) is 47.1 Å². The average Bonchev–Trinajstić information content (AvgIpc) is 2.80. The van der Waals surface area contributed by atoms with Crippen molar-refractivity contribution in [2.24, 2.45) is 0 Å². The monoisotopic (exact) mass is 216 g/mol. The summed E-state index contributed by atoms with van der Waals surface area (Å²) in [6, 6.07) is 10.7. The summed E-state index contributed by atoms with van der Waals surface area (Å²) in [4.78, 5) is 10.6. The van der Waals surface area contributed by atoms with Crippen LogP contribution in [-0.2, 0) is 12.8 Å². The Bertz CT molecular complexity index is 454. The van der Waals surface area contributed by atoms with E-state index in [1.165, 1.54) is 0 Å². The first kappa shape index (κ1) is 10.5. The van der Waals surface area contributed by atoms with Crippen LogP contribution in [0, 0.1) is 0 Å². The molecule has 1 aromatic heterocycles. The van der Waals surface area contributed by atoms with Crippen molar-refractivity contribution in [2.45, 2.75) is 12.8 Å². The zero-order valence-corrected chi connectivity index (χ0v) is 8.72. The molecule has 0 aliphatic heterocycles. The molecule has 0 aliphatic rings. The average molecular weight is 216 g/mol.